The molecule has 0 radical (unpaired) electrons. The molecule has 1 heterocycles. The lowest BCUT2D eigenvalue weighted by atomic mass is 10.2. The molecule has 116 valence electrons. The molecule has 0 unspecified atom stereocenters. The van der Waals surface area contributed by atoms with Gasteiger partial charge in [0.25, 0.3) is 5.91 Å². The third kappa shape index (κ3) is 5.54. The van der Waals surface area contributed by atoms with E-state index in [2.05, 4.69) is 16.8 Å². The molecular formula is C16H17NO3S2. The number of hydrogen-bond donors (Lipinski definition) is 1. The lowest BCUT2D eigenvalue weighted by molar-refractivity contribution is -0.122. The Hall–Kier alpha value is -1.79. The van der Waals surface area contributed by atoms with Gasteiger partial charge in [-0.3, -0.25) is 9.59 Å². The zero-order valence-electron chi connectivity index (χ0n) is 12.0. The van der Waals surface area contributed by atoms with Crippen molar-refractivity contribution in [1.29, 1.82) is 0 Å². The number of hydrogen-bond acceptors (Lipinski definition) is 5. The molecule has 4 nitrogen and oxygen atoms in total. The zero-order chi connectivity index (χ0) is 15.6. The van der Waals surface area contributed by atoms with Crippen molar-refractivity contribution in [2.24, 2.45) is 0 Å². The summed E-state index contributed by atoms with van der Waals surface area (Å²) in [6.45, 7) is 0.522. The fourth-order valence-electron chi connectivity index (χ4n) is 1.73. The number of benzene rings is 1. The number of amides is 1. The molecule has 1 aromatic heterocycles. The van der Waals surface area contributed by atoms with Crippen LogP contribution in [-0.4, -0.2) is 31.1 Å². The minimum absolute atomic E-state index is 0.0829. The van der Waals surface area contributed by atoms with Crippen molar-refractivity contribution >= 4 is 35.3 Å². The Labute approximate surface area is 137 Å². The minimum atomic E-state index is -0.183. The van der Waals surface area contributed by atoms with Gasteiger partial charge in [-0.15, -0.1) is 11.3 Å². The highest BCUT2D eigenvalue weighted by molar-refractivity contribution is 7.98. The van der Waals surface area contributed by atoms with Crippen LogP contribution in [0.4, 0.5) is 0 Å². The number of ether oxygens (including phenoxy) is 1. The van der Waals surface area contributed by atoms with E-state index < -0.39 is 0 Å². The first-order chi connectivity index (χ1) is 10.8. The maximum atomic E-state index is 11.7. The van der Waals surface area contributed by atoms with Crippen molar-refractivity contribution in [3.05, 3.63) is 52.2 Å². The Morgan fingerprint density at radius 3 is 2.91 bits per heavy atom. The molecule has 1 amide bonds. The molecule has 22 heavy (non-hydrogen) atoms. The van der Waals surface area contributed by atoms with Crippen molar-refractivity contribution in [1.82, 2.24) is 5.32 Å². The van der Waals surface area contributed by atoms with Crippen molar-refractivity contribution in [3.8, 4) is 5.75 Å². The molecule has 0 saturated carbocycles. The average molecular weight is 335 g/mol. The van der Waals surface area contributed by atoms with Gasteiger partial charge < -0.3 is 10.1 Å². The van der Waals surface area contributed by atoms with Gasteiger partial charge in [-0.25, -0.2) is 0 Å². The molecule has 0 fully saturated rings. The van der Waals surface area contributed by atoms with Crippen LogP contribution in [0.1, 0.15) is 15.2 Å². The normalized spacial score (nSPS) is 10.2. The average Bonchev–Trinajstić information content (AvgIpc) is 3.06. The van der Waals surface area contributed by atoms with Gasteiger partial charge in [0.15, 0.2) is 12.9 Å². The van der Waals surface area contributed by atoms with Crippen LogP contribution < -0.4 is 10.1 Å². The predicted molar refractivity (Wildman–Crippen MR) is 90.8 cm³/mol. The number of nitrogens with one attached hydrogen (secondary N) is 1. The van der Waals surface area contributed by atoms with Gasteiger partial charge >= 0.3 is 0 Å². The van der Waals surface area contributed by atoms with Gasteiger partial charge in [-0.2, -0.15) is 11.8 Å². The molecule has 0 bridgehead atoms. The van der Waals surface area contributed by atoms with Crippen LogP contribution in [0, 0.1) is 0 Å². The highest BCUT2D eigenvalue weighted by Crippen LogP contribution is 2.16. The number of carbonyl (C=O) groups is 2. The van der Waals surface area contributed by atoms with Crippen LogP contribution in [0.15, 0.2) is 41.8 Å². The third-order valence-corrected chi connectivity index (χ3v) is 4.86. The van der Waals surface area contributed by atoms with Crippen molar-refractivity contribution in [2.45, 2.75) is 5.75 Å². The Morgan fingerprint density at radius 2 is 2.14 bits per heavy atom. The smallest absolute Gasteiger partial charge is 0.257 e. The van der Waals surface area contributed by atoms with E-state index >= 15 is 0 Å². The van der Waals surface area contributed by atoms with Crippen molar-refractivity contribution in [2.75, 3.05) is 18.9 Å². The molecule has 2 aromatic rings. The number of thioether (sulfide) groups is 1. The summed E-state index contributed by atoms with van der Waals surface area (Å²) >= 11 is 3.52. The molecule has 0 aliphatic carbocycles. The first-order valence-electron chi connectivity index (χ1n) is 6.83. The second kappa shape index (κ2) is 9.27. The maximum absolute atomic E-state index is 11.7. The maximum Gasteiger partial charge on any atom is 0.257 e. The van der Waals surface area contributed by atoms with E-state index in [-0.39, 0.29) is 12.5 Å². The Morgan fingerprint density at radius 1 is 1.27 bits per heavy atom. The van der Waals surface area contributed by atoms with E-state index in [0.29, 0.717) is 24.1 Å². The van der Waals surface area contributed by atoms with Crippen LogP contribution in [0.3, 0.4) is 0 Å². The van der Waals surface area contributed by atoms with Crippen LogP contribution in [0.2, 0.25) is 0 Å². The predicted octanol–water partition coefficient (Wildman–Crippen LogP) is 2.99. The monoisotopic (exact) mass is 335 g/mol. The van der Waals surface area contributed by atoms with Crippen molar-refractivity contribution in [3.63, 3.8) is 0 Å². The molecule has 0 spiro atoms. The summed E-state index contributed by atoms with van der Waals surface area (Å²) in [6.07, 6.45) is 0.717. The van der Waals surface area contributed by atoms with Crippen LogP contribution in [-0.2, 0) is 10.5 Å². The van der Waals surface area contributed by atoms with E-state index in [9.17, 15) is 9.59 Å². The lowest BCUT2D eigenvalue weighted by Crippen LogP contribution is -2.30. The van der Waals surface area contributed by atoms with Crippen LogP contribution in [0.5, 0.6) is 5.75 Å². The molecule has 0 aliphatic heterocycles. The standard InChI is InChI=1S/C16H17NO3S2/c18-10-13-4-1-2-6-15(13)20-11-16(19)17-7-9-21-12-14-5-3-8-22-14/h1-6,8,10H,7,9,11-12H2,(H,17,19). The first kappa shape index (κ1) is 16.6. The molecule has 0 saturated heterocycles. The quantitative estimate of drug-likeness (QED) is 0.565. The van der Waals surface area contributed by atoms with Gasteiger partial charge in [-0.1, -0.05) is 18.2 Å². The number of rotatable bonds is 9. The summed E-state index contributed by atoms with van der Waals surface area (Å²) < 4.78 is 5.36. The number of carbonyl (C=O) groups excluding carboxylic acids is 2. The van der Waals surface area contributed by atoms with Crippen LogP contribution in [0.25, 0.3) is 0 Å². The zero-order valence-corrected chi connectivity index (χ0v) is 13.6. The van der Waals surface area contributed by atoms with E-state index in [0.717, 1.165) is 11.5 Å². The molecule has 0 aliphatic rings. The summed E-state index contributed by atoms with van der Waals surface area (Å²) in [5.41, 5.74) is 0.446. The summed E-state index contributed by atoms with van der Waals surface area (Å²) in [5, 5.41) is 4.86. The fourth-order valence-corrected chi connectivity index (χ4v) is 3.43. The number of aldehydes is 1. The molecule has 2 rings (SSSR count). The largest absolute Gasteiger partial charge is 0.483 e. The van der Waals surface area contributed by atoms with E-state index in [4.69, 9.17) is 4.74 Å². The van der Waals surface area contributed by atoms with E-state index in [1.165, 1.54) is 4.88 Å². The minimum Gasteiger partial charge on any atom is -0.483 e. The van der Waals surface area contributed by atoms with Gasteiger partial charge in [0.1, 0.15) is 5.75 Å². The Bertz CT molecular complexity index is 599. The summed E-state index contributed by atoms with van der Waals surface area (Å²) in [7, 11) is 0. The first-order valence-corrected chi connectivity index (χ1v) is 8.87. The summed E-state index contributed by atoms with van der Waals surface area (Å²) in [4.78, 5) is 23.8. The lowest BCUT2D eigenvalue weighted by Gasteiger charge is -2.08. The highest BCUT2D eigenvalue weighted by atomic mass is 32.2. The summed E-state index contributed by atoms with van der Waals surface area (Å²) in [5.74, 6) is 2.07. The van der Waals surface area contributed by atoms with Gasteiger partial charge in [0.05, 0.1) is 5.56 Å². The second-order valence-electron chi connectivity index (χ2n) is 4.43. The fraction of sp³-hybridized carbons (Fsp3) is 0.250. The molecular weight excluding hydrogens is 318 g/mol. The second-order valence-corrected chi connectivity index (χ2v) is 6.56. The number of thiophene rings is 1. The van der Waals surface area contributed by atoms with E-state index in [1.807, 2.05) is 6.07 Å². The number of para-hydroxylation sites is 1. The molecule has 6 heteroatoms. The Balaban J connectivity index is 1.60. The van der Waals surface area contributed by atoms with Crippen molar-refractivity contribution < 1.29 is 14.3 Å². The topological polar surface area (TPSA) is 55.4 Å². The summed E-state index contributed by atoms with van der Waals surface area (Å²) in [6, 6.07) is 11.0. The van der Waals surface area contributed by atoms with Crippen LogP contribution >= 0.6 is 23.1 Å². The van der Waals surface area contributed by atoms with Gasteiger partial charge in [-0.05, 0) is 23.6 Å². The van der Waals surface area contributed by atoms with E-state index in [1.54, 1.807) is 47.4 Å². The van der Waals surface area contributed by atoms with Gasteiger partial charge in [0, 0.05) is 22.9 Å². The SMILES string of the molecule is O=Cc1ccccc1OCC(=O)NCCSCc1cccs1. The van der Waals surface area contributed by atoms with Gasteiger partial charge in [0.2, 0.25) is 0 Å². The molecule has 1 aromatic carbocycles. The highest BCUT2D eigenvalue weighted by Gasteiger charge is 2.05. The molecule has 1 N–H and O–H groups in total. The Kier molecular flexibility index (Phi) is 6.99. The molecule has 0 atom stereocenters. The third-order valence-electron chi connectivity index (χ3n) is 2.80.